The molecule has 3 aliphatic rings. The number of piperazine rings is 1. The molecule has 12 nitrogen and oxygen atoms in total. The summed E-state index contributed by atoms with van der Waals surface area (Å²) in [4.78, 5) is 46.8. The van der Waals surface area contributed by atoms with Crippen molar-refractivity contribution in [1.29, 1.82) is 0 Å². The fourth-order valence-electron chi connectivity index (χ4n) is 6.92. The number of carbonyl (C=O) groups is 3. The number of aromatic nitrogens is 2. The van der Waals surface area contributed by atoms with E-state index in [0.717, 1.165) is 19.5 Å². The van der Waals surface area contributed by atoms with Crippen LogP contribution in [0, 0.1) is 17.7 Å². The largest absolute Gasteiger partial charge is 0.457 e. The van der Waals surface area contributed by atoms with Crippen molar-refractivity contribution in [3.05, 3.63) is 65.8 Å². The minimum atomic E-state index is -0.895. The number of carbonyl (C=O) groups excluding carboxylic acids is 3. The lowest BCUT2D eigenvalue weighted by molar-refractivity contribution is -0.151. The van der Waals surface area contributed by atoms with Gasteiger partial charge in [0.25, 0.3) is 0 Å². The van der Waals surface area contributed by atoms with Crippen molar-refractivity contribution in [3.8, 4) is 0 Å². The molecule has 2 saturated heterocycles. The molecular formula is C38H53FN6O6. The fourth-order valence-corrected chi connectivity index (χ4v) is 6.92. The number of aliphatic hydroxyl groups excluding tert-OH is 1. The van der Waals surface area contributed by atoms with Gasteiger partial charge in [-0.25, -0.2) is 9.18 Å². The molecule has 0 aliphatic carbocycles. The summed E-state index contributed by atoms with van der Waals surface area (Å²) < 4.78 is 28.7. The van der Waals surface area contributed by atoms with Crippen LogP contribution in [0.15, 0.2) is 54.4 Å². The van der Waals surface area contributed by atoms with E-state index >= 15 is 4.39 Å². The lowest BCUT2D eigenvalue weighted by Crippen LogP contribution is -2.49. The van der Waals surface area contributed by atoms with Crippen LogP contribution in [0.4, 0.5) is 14.9 Å². The number of esters is 1. The van der Waals surface area contributed by atoms with Gasteiger partial charge in [-0.1, -0.05) is 26.0 Å². The van der Waals surface area contributed by atoms with Crippen molar-refractivity contribution in [1.82, 2.24) is 24.5 Å². The highest BCUT2D eigenvalue weighted by Crippen LogP contribution is 2.28. The third-order valence-corrected chi connectivity index (χ3v) is 10.1. The second kappa shape index (κ2) is 17.8. The van der Waals surface area contributed by atoms with E-state index in [1.54, 1.807) is 32.9 Å². The number of cyclic esters (lactones) is 1. The van der Waals surface area contributed by atoms with E-state index < -0.39 is 30.1 Å². The number of rotatable bonds is 6. The highest BCUT2D eigenvalue weighted by atomic mass is 19.1. The standard InChI is InChI=1S/C38H53FN6O6/c1-27-7-9-33(46)25-36(48)51-37(28(2)8-10-34(27)50-38(49)44-13-6-12-41(4)15-16-44)29(3)21-30-22-31(39)24-32(23-30)42-17-19-43(20-18-42)35(47)26-45-14-5-11-40-45/h5,8,10-11,14,21-24,27-28,33-34,37,46H,6-7,9,12-13,15-20,25-26H2,1-4H3/b10-8+,29-21+/t27-,28-,33+,34+,37-/m0/s1. The number of halogens is 1. The summed E-state index contributed by atoms with van der Waals surface area (Å²) in [6.07, 6.45) is 8.18. The molecular weight excluding hydrogens is 655 g/mol. The Labute approximate surface area is 300 Å². The quantitative estimate of drug-likeness (QED) is 0.348. The normalized spacial score (nSPS) is 26.8. The Morgan fingerprint density at radius 3 is 2.53 bits per heavy atom. The Morgan fingerprint density at radius 2 is 1.78 bits per heavy atom. The van der Waals surface area contributed by atoms with Crippen molar-refractivity contribution in [2.75, 3.05) is 64.3 Å². The number of nitrogens with zero attached hydrogens (tertiary/aromatic N) is 6. The molecule has 278 valence electrons. The van der Waals surface area contributed by atoms with Crippen LogP contribution < -0.4 is 4.90 Å². The molecule has 0 radical (unpaired) electrons. The maximum atomic E-state index is 15.0. The molecule has 2 amide bonds. The zero-order valence-electron chi connectivity index (χ0n) is 30.3. The molecule has 0 unspecified atom stereocenters. The van der Waals surface area contributed by atoms with Gasteiger partial charge in [-0.15, -0.1) is 0 Å². The summed E-state index contributed by atoms with van der Waals surface area (Å²) >= 11 is 0. The van der Waals surface area contributed by atoms with Gasteiger partial charge < -0.3 is 34.2 Å². The van der Waals surface area contributed by atoms with Crippen LogP contribution in [0.3, 0.4) is 0 Å². The first-order valence-electron chi connectivity index (χ1n) is 18.1. The zero-order chi connectivity index (χ0) is 36.5. The van der Waals surface area contributed by atoms with Gasteiger partial charge in [0.1, 0.15) is 24.6 Å². The topological polar surface area (TPSA) is 121 Å². The molecule has 0 spiro atoms. The Kier molecular flexibility index (Phi) is 13.3. The number of benzene rings is 1. The van der Waals surface area contributed by atoms with Gasteiger partial charge in [-0.05, 0) is 87.2 Å². The minimum absolute atomic E-state index is 0.0107. The monoisotopic (exact) mass is 708 g/mol. The number of likely N-dealkylation sites (N-methyl/N-ethyl adjacent to an activating group) is 1. The van der Waals surface area contributed by atoms with E-state index in [0.29, 0.717) is 68.9 Å². The molecule has 1 aromatic heterocycles. The molecule has 3 aliphatic heterocycles. The van der Waals surface area contributed by atoms with Gasteiger partial charge in [0.05, 0.1) is 12.5 Å². The first-order valence-corrected chi connectivity index (χ1v) is 18.1. The van der Waals surface area contributed by atoms with Gasteiger partial charge >= 0.3 is 12.1 Å². The van der Waals surface area contributed by atoms with Crippen LogP contribution in [0.2, 0.25) is 0 Å². The van der Waals surface area contributed by atoms with Crippen molar-refractivity contribution in [3.63, 3.8) is 0 Å². The summed E-state index contributed by atoms with van der Waals surface area (Å²) in [5.41, 5.74) is 2.02. The highest BCUT2D eigenvalue weighted by Gasteiger charge is 2.29. The lowest BCUT2D eigenvalue weighted by Gasteiger charge is -2.36. The number of hydrogen-bond donors (Lipinski definition) is 1. The predicted molar refractivity (Wildman–Crippen MR) is 192 cm³/mol. The summed E-state index contributed by atoms with van der Waals surface area (Å²) in [5.74, 6) is -1.33. The molecule has 5 rings (SSSR count). The van der Waals surface area contributed by atoms with Gasteiger partial charge in [0.2, 0.25) is 5.91 Å². The Hall–Kier alpha value is -4.23. The third-order valence-electron chi connectivity index (χ3n) is 10.1. The molecule has 1 N–H and O–H groups in total. The van der Waals surface area contributed by atoms with Crippen LogP contribution in [-0.4, -0.2) is 125 Å². The van der Waals surface area contributed by atoms with E-state index in [4.69, 9.17) is 9.47 Å². The van der Waals surface area contributed by atoms with Gasteiger partial charge in [-0.2, -0.15) is 5.10 Å². The van der Waals surface area contributed by atoms with E-state index in [-0.39, 0.29) is 36.8 Å². The Bertz CT molecular complexity index is 1540. The van der Waals surface area contributed by atoms with Crippen LogP contribution in [0.25, 0.3) is 6.08 Å². The molecule has 13 heteroatoms. The number of amides is 2. The summed E-state index contributed by atoms with van der Waals surface area (Å²) in [6.45, 7) is 11.0. The molecule has 1 aromatic carbocycles. The maximum absolute atomic E-state index is 15.0. The van der Waals surface area contributed by atoms with Crippen molar-refractivity contribution in [2.24, 2.45) is 11.8 Å². The summed E-state index contributed by atoms with van der Waals surface area (Å²) in [5, 5.41) is 14.8. The van der Waals surface area contributed by atoms with E-state index in [1.807, 2.05) is 52.1 Å². The smallest absolute Gasteiger partial charge is 0.410 e. The SMILES string of the molecule is C/C(=C\c1cc(F)cc(N2CCN(C(=O)Cn3cccn3)CC2)c1)[C@H]1OC(=O)C[C@H](O)CC[C@H](C)[C@H](OC(=O)N2CCCN(C)CC2)/C=C/[C@@H]1C. The second-order valence-electron chi connectivity index (χ2n) is 14.3. The average Bonchev–Trinajstić information content (AvgIpc) is 3.51. The molecule has 5 atom stereocenters. The van der Waals surface area contributed by atoms with Gasteiger partial charge in [0.15, 0.2) is 0 Å². The van der Waals surface area contributed by atoms with Crippen molar-refractivity contribution in [2.45, 2.75) is 71.3 Å². The predicted octanol–water partition coefficient (Wildman–Crippen LogP) is 4.20. The van der Waals surface area contributed by atoms with E-state index in [1.165, 1.54) is 12.1 Å². The number of anilines is 1. The molecule has 0 saturated carbocycles. The average molecular weight is 709 g/mol. The number of hydrogen-bond acceptors (Lipinski definition) is 9. The van der Waals surface area contributed by atoms with Crippen LogP contribution in [0.1, 0.15) is 52.0 Å². The van der Waals surface area contributed by atoms with Crippen molar-refractivity contribution < 1.29 is 33.4 Å². The molecule has 51 heavy (non-hydrogen) atoms. The zero-order valence-corrected chi connectivity index (χ0v) is 30.3. The lowest BCUT2D eigenvalue weighted by atomic mass is 9.91. The Morgan fingerprint density at radius 1 is 1.02 bits per heavy atom. The summed E-state index contributed by atoms with van der Waals surface area (Å²) in [6, 6.07) is 6.61. The van der Waals surface area contributed by atoms with E-state index in [9.17, 15) is 19.5 Å². The molecule has 0 bridgehead atoms. The minimum Gasteiger partial charge on any atom is -0.457 e. The molecule has 4 heterocycles. The highest BCUT2D eigenvalue weighted by molar-refractivity contribution is 5.76. The number of ether oxygens (including phenoxy) is 2. The summed E-state index contributed by atoms with van der Waals surface area (Å²) in [7, 11) is 2.05. The first-order chi connectivity index (χ1) is 24.4. The Balaban J connectivity index is 1.30. The first kappa shape index (κ1) is 38.0. The molecule has 2 aromatic rings. The van der Waals surface area contributed by atoms with Gasteiger partial charge in [0, 0.05) is 69.8 Å². The maximum Gasteiger partial charge on any atom is 0.410 e. The molecule has 2 fully saturated rings. The fraction of sp³-hybridized carbons (Fsp3) is 0.579. The second-order valence-corrected chi connectivity index (χ2v) is 14.3. The van der Waals surface area contributed by atoms with Crippen LogP contribution >= 0.6 is 0 Å². The van der Waals surface area contributed by atoms with Crippen LogP contribution in [-0.2, 0) is 25.6 Å². The third kappa shape index (κ3) is 10.9. The number of aliphatic hydroxyl groups is 1. The van der Waals surface area contributed by atoms with Crippen LogP contribution in [0.5, 0.6) is 0 Å². The van der Waals surface area contributed by atoms with Crippen molar-refractivity contribution >= 4 is 29.7 Å². The van der Waals surface area contributed by atoms with Gasteiger partial charge in [-0.3, -0.25) is 14.3 Å². The van der Waals surface area contributed by atoms with E-state index in [2.05, 4.69) is 14.9 Å².